The molecular weight excluding hydrogens is 240 g/mol. The first kappa shape index (κ1) is 10.2. The summed E-state index contributed by atoms with van der Waals surface area (Å²) in [5, 5.41) is 0. The van der Waals surface area contributed by atoms with Crippen molar-refractivity contribution in [1.29, 1.82) is 0 Å². The normalized spacial score (nSPS) is 11.2. The largest absolute Gasteiger partial charge is 0.390 e. The Morgan fingerprint density at radius 3 is 1.62 bits per heavy atom. The fourth-order valence-electron chi connectivity index (χ4n) is 1.14. The lowest BCUT2D eigenvalue weighted by Crippen LogP contribution is -2.34. The number of halogens is 4. The van der Waals surface area contributed by atoms with E-state index in [0.717, 1.165) is 0 Å². The van der Waals surface area contributed by atoms with Crippen LogP contribution in [0, 0.1) is 0 Å². The van der Waals surface area contributed by atoms with Gasteiger partial charge in [-0.3, -0.25) is 4.79 Å². The van der Waals surface area contributed by atoms with E-state index >= 15 is 0 Å². The molecule has 0 atom stereocenters. The lowest BCUT2D eigenvalue weighted by Gasteiger charge is -1.95. The predicted molar refractivity (Wildman–Crippen MR) is 40.7 cm³/mol. The first-order valence-corrected chi connectivity index (χ1v) is 3.58. The minimum Gasteiger partial charge on any atom is -0.264 e. The molecule has 2 rings (SSSR count). The zero-order valence-corrected chi connectivity index (χ0v) is 7.03. The summed E-state index contributed by atoms with van der Waals surface area (Å²) in [7, 11) is 0. The molecule has 0 saturated carbocycles. The van der Waals surface area contributed by atoms with Gasteiger partial charge in [0.1, 0.15) is 0 Å². The van der Waals surface area contributed by atoms with Crippen LogP contribution in [-0.4, -0.2) is 19.2 Å². The van der Waals surface area contributed by atoms with Crippen molar-refractivity contribution >= 4 is 11.2 Å². The van der Waals surface area contributed by atoms with Crippen molar-refractivity contribution < 1.29 is 17.9 Å². The van der Waals surface area contributed by atoms with Gasteiger partial charge in [0.15, 0.2) is 5.52 Å². The maximum atomic E-state index is 12.9. The zero-order valence-electron chi connectivity index (χ0n) is 7.03. The van der Waals surface area contributed by atoms with Gasteiger partial charge < -0.3 is 0 Å². The van der Waals surface area contributed by atoms with E-state index in [1.807, 2.05) is 0 Å². The van der Waals surface area contributed by atoms with Crippen LogP contribution in [0.2, 0.25) is 0 Å². The summed E-state index contributed by atoms with van der Waals surface area (Å²) in [6, 6.07) is 0. The fourth-order valence-corrected chi connectivity index (χ4v) is 1.14. The average molecular weight is 240 g/mol. The molecule has 0 aromatic carbocycles. The van der Waals surface area contributed by atoms with Crippen LogP contribution in [-0.2, 0) is 0 Å². The number of fused-ring (bicyclic) bond motifs is 1. The molecule has 0 aliphatic carbocycles. The van der Waals surface area contributed by atoms with Gasteiger partial charge in [0.2, 0.25) is 5.65 Å². The quantitative estimate of drug-likeness (QED) is 0.558. The SMILES string of the molecule is O=c1c2c(n(F)c(=O)n1F)n(F)c(=O)n2F. The maximum absolute atomic E-state index is 12.9. The molecule has 2 aromatic rings. The highest BCUT2D eigenvalue weighted by Crippen LogP contribution is 2.06. The summed E-state index contributed by atoms with van der Waals surface area (Å²) in [6.45, 7) is 0. The van der Waals surface area contributed by atoms with E-state index in [9.17, 15) is 32.3 Å². The number of nitrogens with zero attached hydrogens (tertiary/aromatic N) is 4. The van der Waals surface area contributed by atoms with Crippen molar-refractivity contribution in [2.45, 2.75) is 0 Å². The van der Waals surface area contributed by atoms with Crippen LogP contribution in [0.1, 0.15) is 0 Å². The third-order valence-electron chi connectivity index (χ3n) is 1.83. The van der Waals surface area contributed by atoms with Crippen LogP contribution in [0.25, 0.3) is 11.2 Å². The van der Waals surface area contributed by atoms with Gasteiger partial charge >= 0.3 is 16.9 Å². The summed E-state index contributed by atoms with van der Waals surface area (Å²) >= 11 is 0. The molecule has 0 amide bonds. The number of hydrogen-bond donors (Lipinski definition) is 0. The Morgan fingerprint density at radius 1 is 0.688 bits per heavy atom. The number of imidazole rings is 1. The Morgan fingerprint density at radius 2 is 1.12 bits per heavy atom. The minimum absolute atomic E-state index is 1.11. The monoisotopic (exact) mass is 240 g/mol. The van der Waals surface area contributed by atoms with Gasteiger partial charge in [0, 0.05) is 0 Å². The van der Waals surface area contributed by atoms with Crippen molar-refractivity contribution in [2.75, 3.05) is 0 Å². The van der Waals surface area contributed by atoms with Crippen LogP contribution in [0.4, 0.5) is 17.9 Å². The average Bonchev–Trinajstić information content (AvgIpc) is 2.48. The van der Waals surface area contributed by atoms with Gasteiger partial charge in [-0.25, -0.2) is 9.59 Å². The number of rotatable bonds is 0. The topological polar surface area (TPSA) is 70.9 Å². The van der Waals surface area contributed by atoms with Crippen molar-refractivity contribution in [1.82, 2.24) is 19.2 Å². The van der Waals surface area contributed by atoms with Crippen LogP contribution in [0.3, 0.4) is 0 Å². The molecule has 0 fully saturated rings. The highest BCUT2D eigenvalue weighted by atomic mass is 19.2. The number of hydrogen-bond acceptors (Lipinski definition) is 3. The van der Waals surface area contributed by atoms with Gasteiger partial charge in [0.25, 0.3) is 0 Å². The molecule has 86 valence electrons. The van der Waals surface area contributed by atoms with Crippen LogP contribution in [0.15, 0.2) is 14.4 Å². The van der Waals surface area contributed by atoms with E-state index in [1.165, 1.54) is 0 Å². The molecule has 0 bridgehead atoms. The summed E-state index contributed by atoms with van der Waals surface area (Å²) in [4.78, 5) is 27.5. The second-order valence-electron chi connectivity index (χ2n) is 2.67. The Bertz CT molecular complexity index is 765. The smallest absolute Gasteiger partial charge is 0.264 e. The third-order valence-corrected chi connectivity index (χ3v) is 1.83. The molecule has 2 aromatic heterocycles. The van der Waals surface area contributed by atoms with Gasteiger partial charge in [-0.1, -0.05) is 22.7 Å². The standard InChI is InChI=1S/C5F4N4O3/c6-10-1-2(11(7)4(10)15)12(8)5(16)13(9)3(1)14. The van der Waals surface area contributed by atoms with Gasteiger partial charge in [-0.15, -0.1) is 14.4 Å². The van der Waals surface area contributed by atoms with Crippen molar-refractivity contribution in [3.8, 4) is 0 Å². The number of aromatic nitrogens is 4. The van der Waals surface area contributed by atoms with E-state index < -0.39 is 47.3 Å². The van der Waals surface area contributed by atoms with Gasteiger partial charge in [-0.2, -0.15) is 0 Å². The highest BCUT2D eigenvalue weighted by Gasteiger charge is 2.24. The van der Waals surface area contributed by atoms with E-state index in [4.69, 9.17) is 0 Å². The highest BCUT2D eigenvalue weighted by molar-refractivity contribution is 5.69. The molecule has 0 saturated heterocycles. The lowest BCUT2D eigenvalue weighted by molar-refractivity contribution is 0.259. The molecule has 0 aliphatic rings. The fraction of sp³-hybridized carbons (Fsp3) is 0. The van der Waals surface area contributed by atoms with Crippen molar-refractivity contribution in [3.63, 3.8) is 0 Å². The predicted octanol–water partition coefficient (Wildman–Crippen LogP) is -0.943. The molecular formula is C5F4N4O3. The first-order valence-electron chi connectivity index (χ1n) is 3.58. The van der Waals surface area contributed by atoms with Crippen LogP contribution in [0.5, 0.6) is 0 Å². The second kappa shape index (κ2) is 2.84. The van der Waals surface area contributed by atoms with Crippen molar-refractivity contribution in [2.24, 2.45) is 0 Å². The molecule has 0 N–H and O–H groups in total. The van der Waals surface area contributed by atoms with Crippen LogP contribution < -0.4 is 16.9 Å². The molecule has 11 heteroatoms. The molecule has 0 unspecified atom stereocenters. The molecule has 2 heterocycles. The Kier molecular flexibility index (Phi) is 1.81. The molecule has 0 spiro atoms. The van der Waals surface area contributed by atoms with Gasteiger partial charge in [0.05, 0.1) is 0 Å². The van der Waals surface area contributed by atoms with E-state index in [2.05, 4.69) is 0 Å². The first-order chi connectivity index (χ1) is 7.37. The summed E-state index contributed by atoms with van der Waals surface area (Å²) < 4.78 is 51.3. The van der Waals surface area contributed by atoms with E-state index in [1.54, 1.807) is 0 Å². The Labute approximate surface area is 80.7 Å². The minimum atomic E-state index is -2.19. The molecule has 0 aliphatic heterocycles. The van der Waals surface area contributed by atoms with E-state index in [-0.39, 0.29) is 0 Å². The van der Waals surface area contributed by atoms with E-state index in [0.29, 0.717) is 0 Å². The molecule has 7 nitrogen and oxygen atoms in total. The summed E-state index contributed by atoms with van der Waals surface area (Å²) in [5.41, 5.74) is -9.41. The molecule has 16 heavy (non-hydrogen) atoms. The molecule has 0 radical (unpaired) electrons. The summed E-state index contributed by atoms with van der Waals surface area (Å²) in [6.07, 6.45) is 0. The lowest BCUT2D eigenvalue weighted by atomic mass is 10.5. The third kappa shape index (κ3) is 0.936. The van der Waals surface area contributed by atoms with Gasteiger partial charge in [-0.05, 0) is 0 Å². The maximum Gasteiger partial charge on any atom is 0.390 e. The van der Waals surface area contributed by atoms with Crippen molar-refractivity contribution in [3.05, 3.63) is 31.3 Å². The Balaban J connectivity index is 3.36. The zero-order chi connectivity index (χ0) is 12.2. The Hall–Kier alpha value is -2.33. The summed E-state index contributed by atoms with van der Waals surface area (Å²) in [5.74, 6) is 0. The second-order valence-corrected chi connectivity index (χ2v) is 2.67. The van der Waals surface area contributed by atoms with Crippen LogP contribution >= 0.6 is 0 Å².